The lowest BCUT2D eigenvalue weighted by molar-refractivity contribution is -0.130. The number of thioether (sulfide) groups is 1. The fourth-order valence-electron chi connectivity index (χ4n) is 4.47. The number of carbonyl (C=O) groups excluding carboxylic acids is 1. The van der Waals surface area contributed by atoms with Crippen LogP contribution in [-0.2, 0) is 4.79 Å². The van der Waals surface area contributed by atoms with Crippen LogP contribution in [0.3, 0.4) is 0 Å². The van der Waals surface area contributed by atoms with E-state index in [0.29, 0.717) is 4.75 Å². The molecule has 2 saturated heterocycles. The molecule has 2 heterocycles. The van der Waals surface area contributed by atoms with Crippen LogP contribution in [0.1, 0.15) is 39.0 Å². The molecule has 1 N–H and O–H groups in total. The van der Waals surface area contributed by atoms with Gasteiger partial charge in [0.2, 0.25) is 5.91 Å². The molecule has 0 aromatic rings. The number of carbonyl (C=O) groups is 1. The molecule has 0 aromatic heterocycles. The van der Waals surface area contributed by atoms with Crippen molar-refractivity contribution in [1.29, 1.82) is 0 Å². The highest BCUT2D eigenvalue weighted by Crippen LogP contribution is 2.42. The van der Waals surface area contributed by atoms with E-state index in [1.807, 2.05) is 11.9 Å². The van der Waals surface area contributed by atoms with Gasteiger partial charge in [-0.3, -0.25) is 14.7 Å². The van der Waals surface area contributed by atoms with Crippen molar-refractivity contribution in [2.45, 2.75) is 43.8 Å². The van der Waals surface area contributed by atoms with Crippen LogP contribution < -0.4 is 5.32 Å². The highest BCUT2D eigenvalue weighted by molar-refractivity contribution is 14.0. The molecule has 3 rings (SSSR count). The van der Waals surface area contributed by atoms with Gasteiger partial charge in [-0.15, -0.1) is 24.0 Å². The number of hydrogen-bond acceptors (Lipinski definition) is 4. The highest BCUT2D eigenvalue weighted by atomic mass is 127. The van der Waals surface area contributed by atoms with Gasteiger partial charge >= 0.3 is 0 Å². The molecule has 6 nitrogen and oxygen atoms in total. The summed E-state index contributed by atoms with van der Waals surface area (Å²) in [6.07, 6.45) is 6.92. The molecule has 0 unspecified atom stereocenters. The van der Waals surface area contributed by atoms with E-state index in [0.717, 1.165) is 58.3 Å². The van der Waals surface area contributed by atoms with Gasteiger partial charge in [0, 0.05) is 76.8 Å². The molecule has 27 heavy (non-hydrogen) atoms. The number of rotatable bonds is 3. The van der Waals surface area contributed by atoms with Crippen LogP contribution in [0.4, 0.5) is 0 Å². The minimum Gasteiger partial charge on any atom is -0.355 e. The lowest BCUT2D eigenvalue weighted by Crippen LogP contribution is -2.54. The molecule has 0 bridgehead atoms. The Hall–Kier alpha value is -0.220. The number of nitrogens with zero attached hydrogens (tertiary/aromatic N) is 4. The average molecular weight is 510 g/mol. The smallest absolute Gasteiger partial charge is 0.219 e. The van der Waals surface area contributed by atoms with E-state index < -0.39 is 0 Å². The summed E-state index contributed by atoms with van der Waals surface area (Å²) in [4.78, 5) is 22.8. The Labute approximate surface area is 185 Å². The SMILES string of the molecule is CN=C(NCCN1CCN(C(C)=O)CC1)N1CCSC2(CCCCC2)C1.I. The minimum absolute atomic E-state index is 0. The van der Waals surface area contributed by atoms with Gasteiger partial charge in [0.1, 0.15) is 0 Å². The van der Waals surface area contributed by atoms with E-state index in [1.165, 1.54) is 37.9 Å². The molecule has 1 aliphatic carbocycles. The monoisotopic (exact) mass is 509 g/mol. The van der Waals surface area contributed by atoms with Gasteiger partial charge in [0.15, 0.2) is 5.96 Å². The Morgan fingerprint density at radius 2 is 1.78 bits per heavy atom. The zero-order chi connectivity index (χ0) is 18.4. The summed E-state index contributed by atoms with van der Waals surface area (Å²) in [7, 11) is 1.91. The molecular formula is C19H36IN5OS. The first-order chi connectivity index (χ1) is 12.6. The Balaban J connectivity index is 0.00000261. The van der Waals surface area contributed by atoms with Crippen molar-refractivity contribution in [3.8, 4) is 0 Å². The quantitative estimate of drug-likeness (QED) is 0.359. The van der Waals surface area contributed by atoms with Gasteiger partial charge in [-0.25, -0.2) is 0 Å². The molecule has 156 valence electrons. The Morgan fingerprint density at radius 1 is 1.07 bits per heavy atom. The van der Waals surface area contributed by atoms with Crippen LogP contribution in [-0.4, -0.2) is 96.5 Å². The molecule has 8 heteroatoms. The lowest BCUT2D eigenvalue weighted by atomic mass is 9.87. The van der Waals surface area contributed by atoms with Crippen molar-refractivity contribution in [3.63, 3.8) is 0 Å². The second-order valence-electron chi connectivity index (χ2n) is 7.84. The Bertz CT molecular complexity index is 499. The fourth-order valence-corrected chi connectivity index (χ4v) is 6.04. The number of aliphatic imine (C=N–C) groups is 1. The van der Waals surface area contributed by atoms with Crippen LogP contribution in [0.15, 0.2) is 4.99 Å². The maximum absolute atomic E-state index is 11.4. The summed E-state index contributed by atoms with van der Waals surface area (Å²) < 4.78 is 0.469. The van der Waals surface area contributed by atoms with Crippen molar-refractivity contribution in [1.82, 2.24) is 20.0 Å². The van der Waals surface area contributed by atoms with E-state index in [2.05, 4.69) is 31.9 Å². The van der Waals surface area contributed by atoms with E-state index in [4.69, 9.17) is 0 Å². The van der Waals surface area contributed by atoms with Gasteiger partial charge in [-0.05, 0) is 12.8 Å². The highest BCUT2D eigenvalue weighted by Gasteiger charge is 2.38. The molecule has 3 aliphatic rings. The lowest BCUT2D eigenvalue weighted by Gasteiger charge is -2.45. The topological polar surface area (TPSA) is 51.2 Å². The second-order valence-corrected chi connectivity index (χ2v) is 9.40. The minimum atomic E-state index is 0. The van der Waals surface area contributed by atoms with Crippen LogP contribution in [0.25, 0.3) is 0 Å². The summed E-state index contributed by atoms with van der Waals surface area (Å²) in [5, 5.41) is 3.59. The van der Waals surface area contributed by atoms with Crippen molar-refractivity contribution in [2.75, 3.05) is 65.2 Å². The molecule has 0 aromatic carbocycles. The predicted octanol–water partition coefficient (Wildman–Crippen LogP) is 2.10. The summed E-state index contributed by atoms with van der Waals surface area (Å²) in [6.45, 7) is 9.51. The molecule has 2 aliphatic heterocycles. The normalized spacial score (nSPS) is 23.9. The number of halogens is 1. The van der Waals surface area contributed by atoms with Crippen molar-refractivity contribution in [3.05, 3.63) is 0 Å². The third kappa shape index (κ3) is 6.39. The first-order valence-electron chi connectivity index (χ1n) is 10.2. The van der Waals surface area contributed by atoms with Crippen molar-refractivity contribution in [2.24, 2.45) is 4.99 Å². The van der Waals surface area contributed by atoms with Gasteiger partial charge in [0.25, 0.3) is 0 Å². The summed E-state index contributed by atoms with van der Waals surface area (Å²) in [6, 6.07) is 0. The van der Waals surface area contributed by atoms with Crippen LogP contribution in [0.2, 0.25) is 0 Å². The number of hydrogen-bond donors (Lipinski definition) is 1. The second kappa shape index (κ2) is 11.1. The van der Waals surface area contributed by atoms with Crippen LogP contribution in [0, 0.1) is 0 Å². The van der Waals surface area contributed by atoms with Gasteiger partial charge in [-0.2, -0.15) is 11.8 Å². The molecular weight excluding hydrogens is 473 g/mol. The third-order valence-corrected chi connectivity index (χ3v) is 7.59. The maximum Gasteiger partial charge on any atom is 0.219 e. The van der Waals surface area contributed by atoms with Gasteiger partial charge in [-0.1, -0.05) is 19.3 Å². The Kier molecular flexibility index (Phi) is 9.47. The van der Waals surface area contributed by atoms with E-state index >= 15 is 0 Å². The average Bonchev–Trinajstić information content (AvgIpc) is 2.66. The largest absolute Gasteiger partial charge is 0.355 e. The van der Waals surface area contributed by atoms with E-state index in [9.17, 15) is 4.79 Å². The molecule has 1 spiro atoms. The third-order valence-electron chi connectivity index (χ3n) is 6.05. The predicted molar refractivity (Wildman–Crippen MR) is 125 cm³/mol. The Morgan fingerprint density at radius 3 is 2.41 bits per heavy atom. The van der Waals surface area contributed by atoms with Crippen LogP contribution in [0.5, 0.6) is 0 Å². The number of amides is 1. The first-order valence-corrected chi connectivity index (χ1v) is 11.2. The number of piperazine rings is 1. The molecule has 1 amide bonds. The number of nitrogens with one attached hydrogen (secondary N) is 1. The fraction of sp³-hybridized carbons (Fsp3) is 0.895. The van der Waals surface area contributed by atoms with E-state index in [-0.39, 0.29) is 29.9 Å². The van der Waals surface area contributed by atoms with Crippen molar-refractivity contribution >= 4 is 47.6 Å². The van der Waals surface area contributed by atoms with Crippen LogP contribution >= 0.6 is 35.7 Å². The molecule has 0 radical (unpaired) electrons. The zero-order valence-electron chi connectivity index (χ0n) is 16.9. The standard InChI is InChI=1S/C19H35N5OS.HI/c1-17(25)23-12-10-22(11-13-23)9-8-21-18(20-2)24-14-15-26-19(16-24)6-4-3-5-7-19;/h3-16H2,1-2H3,(H,20,21);1H. The molecule has 1 saturated carbocycles. The van der Waals surface area contributed by atoms with Gasteiger partial charge < -0.3 is 15.1 Å². The number of guanidine groups is 1. The first kappa shape index (κ1) is 23.1. The maximum atomic E-state index is 11.4. The summed E-state index contributed by atoms with van der Waals surface area (Å²) >= 11 is 2.20. The zero-order valence-corrected chi connectivity index (χ0v) is 20.1. The molecule has 0 atom stereocenters. The molecule has 3 fully saturated rings. The summed E-state index contributed by atoms with van der Waals surface area (Å²) in [5.74, 6) is 2.48. The summed E-state index contributed by atoms with van der Waals surface area (Å²) in [5.41, 5.74) is 0. The van der Waals surface area contributed by atoms with Gasteiger partial charge in [0.05, 0.1) is 0 Å². The van der Waals surface area contributed by atoms with E-state index in [1.54, 1.807) is 6.92 Å². The van der Waals surface area contributed by atoms with Crippen molar-refractivity contribution < 1.29 is 4.79 Å².